The van der Waals surface area contributed by atoms with Gasteiger partial charge in [-0.05, 0) is 29.8 Å². The lowest BCUT2D eigenvalue weighted by molar-refractivity contribution is -0.120. The summed E-state index contributed by atoms with van der Waals surface area (Å²) < 4.78 is 6.07. The molecule has 0 saturated carbocycles. The van der Waals surface area contributed by atoms with E-state index in [1.54, 1.807) is 24.3 Å². The fourth-order valence-corrected chi connectivity index (χ4v) is 2.12. The molecule has 0 aromatic heterocycles. The standard InChI is InChI=1S/C17H16BrN3O3/c1-24-15-5-3-2-4-14(15)17(23)19-11-16(22)21-20-10-12-6-8-13(18)9-7-12/h2-10H,11H2,1H3,(H,19,23)(H,21,22)/b20-10+. The van der Waals surface area contributed by atoms with Crippen molar-refractivity contribution in [2.45, 2.75) is 0 Å². The monoisotopic (exact) mass is 389 g/mol. The summed E-state index contributed by atoms with van der Waals surface area (Å²) in [7, 11) is 1.48. The Bertz CT molecular complexity index is 745. The van der Waals surface area contributed by atoms with Crippen molar-refractivity contribution in [3.05, 3.63) is 64.1 Å². The van der Waals surface area contributed by atoms with E-state index in [2.05, 4.69) is 31.8 Å². The van der Waals surface area contributed by atoms with Gasteiger partial charge in [-0.3, -0.25) is 9.59 Å². The molecule has 0 saturated heterocycles. The molecule has 0 radical (unpaired) electrons. The number of rotatable bonds is 6. The van der Waals surface area contributed by atoms with Crippen molar-refractivity contribution >= 4 is 34.0 Å². The molecule has 2 aromatic rings. The van der Waals surface area contributed by atoms with Crippen LogP contribution >= 0.6 is 15.9 Å². The van der Waals surface area contributed by atoms with Crippen LogP contribution in [0.1, 0.15) is 15.9 Å². The van der Waals surface area contributed by atoms with Gasteiger partial charge in [0.2, 0.25) is 0 Å². The first-order valence-corrected chi connectivity index (χ1v) is 7.88. The van der Waals surface area contributed by atoms with Gasteiger partial charge in [0.05, 0.1) is 25.4 Å². The number of hydrogen-bond donors (Lipinski definition) is 2. The number of para-hydroxylation sites is 1. The van der Waals surface area contributed by atoms with Gasteiger partial charge in [0, 0.05) is 4.47 Å². The van der Waals surface area contributed by atoms with Gasteiger partial charge >= 0.3 is 0 Å². The average Bonchev–Trinajstić information content (AvgIpc) is 2.61. The largest absolute Gasteiger partial charge is 0.496 e. The lowest BCUT2D eigenvalue weighted by Crippen LogP contribution is -2.35. The highest BCUT2D eigenvalue weighted by atomic mass is 79.9. The maximum atomic E-state index is 12.0. The fourth-order valence-electron chi connectivity index (χ4n) is 1.86. The van der Waals surface area contributed by atoms with Crippen LogP contribution in [0, 0.1) is 0 Å². The zero-order chi connectivity index (χ0) is 17.4. The number of hydrogen-bond acceptors (Lipinski definition) is 4. The van der Waals surface area contributed by atoms with Gasteiger partial charge in [0.15, 0.2) is 0 Å². The summed E-state index contributed by atoms with van der Waals surface area (Å²) in [6.45, 7) is -0.186. The minimum atomic E-state index is -0.424. The third-order valence-electron chi connectivity index (χ3n) is 3.03. The summed E-state index contributed by atoms with van der Waals surface area (Å²) in [5.41, 5.74) is 3.56. The van der Waals surface area contributed by atoms with E-state index in [-0.39, 0.29) is 12.5 Å². The number of nitrogens with one attached hydrogen (secondary N) is 2. The van der Waals surface area contributed by atoms with Crippen molar-refractivity contribution < 1.29 is 14.3 Å². The number of nitrogens with zero attached hydrogens (tertiary/aromatic N) is 1. The summed E-state index contributed by atoms with van der Waals surface area (Å²) in [5.74, 6) is -0.366. The molecule has 0 aliphatic heterocycles. The maximum Gasteiger partial charge on any atom is 0.259 e. The van der Waals surface area contributed by atoms with E-state index in [0.717, 1.165) is 10.0 Å². The number of carbonyl (C=O) groups is 2. The second-order valence-electron chi connectivity index (χ2n) is 4.73. The molecule has 0 aliphatic rings. The van der Waals surface area contributed by atoms with Crippen molar-refractivity contribution in [2.75, 3.05) is 13.7 Å². The Hall–Kier alpha value is -2.67. The molecule has 6 nitrogen and oxygen atoms in total. The van der Waals surface area contributed by atoms with E-state index >= 15 is 0 Å². The first kappa shape index (κ1) is 17.7. The molecule has 2 amide bonds. The molecule has 0 bridgehead atoms. The van der Waals surface area contributed by atoms with E-state index in [0.29, 0.717) is 11.3 Å². The molecule has 124 valence electrons. The molecule has 24 heavy (non-hydrogen) atoms. The van der Waals surface area contributed by atoms with E-state index in [1.807, 2.05) is 24.3 Å². The van der Waals surface area contributed by atoms with Crippen LogP contribution in [0.4, 0.5) is 0 Å². The highest BCUT2D eigenvalue weighted by Gasteiger charge is 2.12. The van der Waals surface area contributed by atoms with Crippen LogP contribution in [0.2, 0.25) is 0 Å². The number of methoxy groups -OCH3 is 1. The predicted octanol–water partition coefficient (Wildman–Crippen LogP) is 2.34. The van der Waals surface area contributed by atoms with Crippen LogP contribution in [0.15, 0.2) is 58.1 Å². The van der Waals surface area contributed by atoms with Crippen LogP contribution in [-0.2, 0) is 4.79 Å². The molecule has 0 spiro atoms. The fraction of sp³-hybridized carbons (Fsp3) is 0.118. The molecule has 0 aliphatic carbocycles. The highest BCUT2D eigenvalue weighted by Crippen LogP contribution is 2.16. The normalized spacial score (nSPS) is 10.4. The molecule has 7 heteroatoms. The predicted molar refractivity (Wildman–Crippen MR) is 95.2 cm³/mol. The van der Waals surface area contributed by atoms with Crippen molar-refractivity contribution in [3.8, 4) is 5.75 Å². The molecule has 0 unspecified atom stereocenters. The van der Waals surface area contributed by atoms with E-state index < -0.39 is 5.91 Å². The van der Waals surface area contributed by atoms with Crippen LogP contribution in [0.25, 0.3) is 0 Å². The zero-order valence-corrected chi connectivity index (χ0v) is 14.5. The number of halogens is 1. The smallest absolute Gasteiger partial charge is 0.259 e. The van der Waals surface area contributed by atoms with Gasteiger partial charge in [0.25, 0.3) is 11.8 Å². The average molecular weight is 390 g/mol. The molecule has 2 N–H and O–H groups in total. The Morgan fingerprint density at radius 1 is 1.17 bits per heavy atom. The Morgan fingerprint density at radius 3 is 2.58 bits per heavy atom. The van der Waals surface area contributed by atoms with Crippen molar-refractivity contribution in [1.29, 1.82) is 0 Å². The third kappa shape index (κ3) is 5.20. The van der Waals surface area contributed by atoms with E-state index in [4.69, 9.17) is 4.74 Å². The van der Waals surface area contributed by atoms with Gasteiger partial charge in [-0.15, -0.1) is 0 Å². The summed E-state index contributed by atoms with van der Waals surface area (Å²) in [4.78, 5) is 23.7. The maximum absolute atomic E-state index is 12.0. The van der Waals surface area contributed by atoms with Crippen molar-refractivity contribution in [3.63, 3.8) is 0 Å². The van der Waals surface area contributed by atoms with E-state index in [9.17, 15) is 9.59 Å². The molecule has 2 rings (SSSR count). The number of hydrazone groups is 1. The van der Waals surface area contributed by atoms with Gasteiger partial charge < -0.3 is 10.1 Å². The van der Waals surface area contributed by atoms with Crippen LogP contribution < -0.4 is 15.5 Å². The van der Waals surface area contributed by atoms with Gasteiger partial charge in [-0.2, -0.15) is 5.10 Å². The van der Waals surface area contributed by atoms with Crippen molar-refractivity contribution in [1.82, 2.24) is 10.7 Å². The first-order chi connectivity index (χ1) is 11.6. The van der Waals surface area contributed by atoms with Gasteiger partial charge in [0.1, 0.15) is 5.75 Å². The highest BCUT2D eigenvalue weighted by molar-refractivity contribution is 9.10. The van der Waals surface area contributed by atoms with Crippen molar-refractivity contribution in [2.24, 2.45) is 5.10 Å². The number of ether oxygens (including phenoxy) is 1. The summed E-state index contributed by atoms with van der Waals surface area (Å²) in [6.07, 6.45) is 1.52. The quantitative estimate of drug-likeness (QED) is 0.587. The Kier molecular flexibility index (Phi) is 6.51. The van der Waals surface area contributed by atoms with Crippen LogP contribution in [0.3, 0.4) is 0 Å². The molecular formula is C17H16BrN3O3. The Morgan fingerprint density at radius 2 is 1.88 bits per heavy atom. The molecule has 0 fully saturated rings. The minimum Gasteiger partial charge on any atom is -0.496 e. The third-order valence-corrected chi connectivity index (χ3v) is 3.56. The number of carbonyl (C=O) groups excluding carboxylic acids is 2. The topological polar surface area (TPSA) is 79.8 Å². The van der Waals surface area contributed by atoms with Crippen LogP contribution in [-0.4, -0.2) is 31.7 Å². The molecule has 0 atom stereocenters. The second-order valence-corrected chi connectivity index (χ2v) is 5.64. The molecule has 2 aromatic carbocycles. The van der Waals surface area contributed by atoms with Crippen LogP contribution in [0.5, 0.6) is 5.75 Å². The number of benzene rings is 2. The lowest BCUT2D eigenvalue weighted by Gasteiger charge is -2.08. The first-order valence-electron chi connectivity index (χ1n) is 7.09. The summed E-state index contributed by atoms with van der Waals surface area (Å²) in [5, 5.41) is 6.36. The second kappa shape index (κ2) is 8.83. The SMILES string of the molecule is COc1ccccc1C(=O)NCC(=O)N/N=C/c1ccc(Br)cc1. The summed E-state index contributed by atoms with van der Waals surface area (Å²) in [6, 6.07) is 14.2. The van der Waals surface area contributed by atoms with Gasteiger partial charge in [-0.1, -0.05) is 40.2 Å². The lowest BCUT2D eigenvalue weighted by atomic mass is 10.2. The summed E-state index contributed by atoms with van der Waals surface area (Å²) >= 11 is 3.34. The minimum absolute atomic E-state index is 0.186. The van der Waals surface area contributed by atoms with E-state index in [1.165, 1.54) is 13.3 Å². The Labute approximate surface area is 148 Å². The Balaban J connectivity index is 1.82. The number of amides is 2. The molecular weight excluding hydrogens is 374 g/mol. The molecule has 0 heterocycles. The zero-order valence-electron chi connectivity index (χ0n) is 13.0. The van der Waals surface area contributed by atoms with Gasteiger partial charge in [-0.25, -0.2) is 5.43 Å².